The number of ether oxygens (including phenoxy) is 1. The molecule has 2 aliphatic rings. The van der Waals surface area contributed by atoms with Crippen LogP contribution in [0.2, 0.25) is 0 Å². The Kier molecular flexibility index (Phi) is 16.0. The van der Waals surface area contributed by atoms with E-state index in [1.54, 1.807) is 7.05 Å². The quantitative estimate of drug-likeness (QED) is 0.312. The summed E-state index contributed by atoms with van der Waals surface area (Å²) in [7, 11) is 1.66. The van der Waals surface area contributed by atoms with Gasteiger partial charge in [-0.15, -0.1) is 0 Å². The molecule has 0 aromatic rings. The Balaban J connectivity index is 2.38. The molecule has 1 aliphatic heterocycles. The summed E-state index contributed by atoms with van der Waals surface area (Å²) in [5.41, 5.74) is 0. The van der Waals surface area contributed by atoms with Crippen molar-refractivity contribution in [2.75, 3.05) is 26.7 Å². The van der Waals surface area contributed by atoms with Gasteiger partial charge < -0.3 is 30.9 Å². The number of unbranched alkanes of at least 4 members (excludes halogenated alkanes) is 3. The zero-order valence-corrected chi connectivity index (χ0v) is 27.3. The predicted octanol–water partition coefficient (Wildman–Crippen LogP) is 2.67. The lowest BCUT2D eigenvalue weighted by Crippen LogP contribution is -2.58. The van der Waals surface area contributed by atoms with E-state index in [0.717, 1.165) is 57.8 Å². The van der Waals surface area contributed by atoms with Crippen molar-refractivity contribution in [2.24, 2.45) is 17.8 Å². The van der Waals surface area contributed by atoms with Crippen LogP contribution in [0.5, 0.6) is 0 Å². The van der Waals surface area contributed by atoms with Crippen LogP contribution >= 0.6 is 0 Å². The predicted molar refractivity (Wildman–Crippen MR) is 166 cm³/mol. The van der Waals surface area contributed by atoms with Crippen LogP contribution in [0.3, 0.4) is 0 Å². The van der Waals surface area contributed by atoms with Crippen molar-refractivity contribution >= 4 is 29.5 Å². The van der Waals surface area contributed by atoms with Gasteiger partial charge in [0.1, 0.15) is 12.1 Å². The van der Waals surface area contributed by atoms with Crippen LogP contribution in [0.4, 0.5) is 0 Å². The zero-order valence-electron chi connectivity index (χ0n) is 27.3. The number of hydrogen-bond donors (Lipinski definition) is 4. The fourth-order valence-corrected chi connectivity index (χ4v) is 6.04. The molecule has 2 rings (SSSR count). The number of nitrogens with zero attached hydrogens (tertiary/aromatic N) is 1. The molecule has 4 N–H and O–H groups in total. The van der Waals surface area contributed by atoms with Crippen LogP contribution in [-0.2, 0) is 28.7 Å². The normalized spacial score (nSPS) is 28.3. The van der Waals surface area contributed by atoms with E-state index >= 15 is 0 Å². The molecule has 11 nitrogen and oxygen atoms in total. The second-order valence-electron chi connectivity index (χ2n) is 13.0. The first kappa shape index (κ1) is 36.5. The smallest absolute Gasteiger partial charge is 0.243 e. The molecule has 11 heteroatoms. The maximum absolute atomic E-state index is 13.9. The third kappa shape index (κ3) is 12.4. The first-order valence-electron chi connectivity index (χ1n) is 16.5. The van der Waals surface area contributed by atoms with Crippen LogP contribution in [0.1, 0.15) is 105 Å². The third-order valence-electron chi connectivity index (χ3n) is 8.64. The molecule has 1 saturated carbocycles. The number of amides is 5. The van der Waals surface area contributed by atoms with Crippen molar-refractivity contribution in [3.63, 3.8) is 0 Å². The second kappa shape index (κ2) is 18.9. The Hall–Kier alpha value is -2.69. The van der Waals surface area contributed by atoms with E-state index in [9.17, 15) is 24.0 Å². The van der Waals surface area contributed by atoms with Crippen LogP contribution in [-0.4, -0.2) is 85.4 Å². The van der Waals surface area contributed by atoms with Gasteiger partial charge in [-0.25, -0.2) is 0 Å². The molecule has 1 heterocycles. The maximum atomic E-state index is 13.9. The molecule has 1 aliphatic carbocycles. The summed E-state index contributed by atoms with van der Waals surface area (Å²) in [6, 6.07) is -1.93. The summed E-state index contributed by atoms with van der Waals surface area (Å²) in [6.45, 7) is 9.45. The van der Waals surface area contributed by atoms with Gasteiger partial charge in [0.15, 0.2) is 0 Å². The van der Waals surface area contributed by atoms with E-state index in [-0.39, 0.29) is 55.3 Å². The van der Waals surface area contributed by atoms with Crippen molar-refractivity contribution < 1.29 is 28.7 Å². The van der Waals surface area contributed by atoms with Gasteiger partial charge in [0.05, 0.1) is 31.7 Å². The summed E-state index contributed by atoms with van der Waals surface area (Å²) in [5, 5.41) is 11.0. The summed E-state index contributed by atoms with van der Waals surface area (Å²) in [6.07, 6.45) is 9.44. The molecule has 5 unspecified atom stereocenters. The molecule has 0 aromatic carbocycles. The molecule has 2 fully saturated rings. The molecule has 5 atom stereocenters. The van der Waals surface area contributed by atoms with Gasteiger partial charge in [-0.05, 0) is 44.4 Å². The minimum Gasteiger partial charge on any atom is -0.375 e. The molecule has 0 aromatic heterocycles. The van der Waals surface area contributed by atoms with E-state index in [2.05, 4.69) is 28.2 Å². The molecule has 5 amide bonds. The largest absolute Gasteiger partial charge is 0.375 e. The average molecular weight is 608 g/mol. The molecule has 0 bridgehead atoms. The zero-order chi connectivity index (χ0) is 31.9. The van der Waals surface area contributed by atoms with Crippen LogP contribution < -0.4 is 21.3 Å². The summed E-state index contributed by atoms with van der Waals surface area (Å²) in [4.78, 5) is 67.6. The minimum atomic E-state index is -0.822. The number of hydrogen-bond acceptors (Lipinski definition) is 6. The molecular formula is C32H57N5O6. The summed E-state index contributed by atoms with van der Waals surface area (Å²) in [5.74, 6) is -2.32. The Morgan fingerprint density at radius 1 is 0.860 bits per heavy atom. The van der Waals surface area contributed by atoms with Crippen molar-refractivity contribution in [3.8, 4) is 0 Å². The highest BCUT2D eigenvalue weighted by Crippen LogP contribution is 2.27. The van der Waals surface area contributed by atoms with Crippen molar-refractivity contribution in [3.05, 3.63) is 0 Å². The molecule has 246 valence electrons. The lowest BCUT2D eigenvalue weighted by Gasteiger charge is -2.35. The fraction of sp³-hybridized carbons (Fsp3) is 0.844. The van der Waals surface area contributed by atoms with Gasteiger partial charge in [-0.1, -0.05) is 72.6 Å². The number of nitrogens with one attached hydrogen (secondary N) is 4. The van der Waals surface area contributed by atoms with E-state index in [1.165, 1.54) is 4.90 Å². The lowest BCUT2D eigenvalue weighted by atomic mass is 9.83. The standard InChI is InChI=1S/C32H57N5O6/c1-7-8-9-13-16-26-23(5)32(42)37(6)25(17-21(2)3)30(40)36-29(24-14-11-10-12-15-24)31(41)34-18-27(38)33-19-28(39)35-22(4)20-43-26/h21-26,29H,7-20H2,1-6H3,(H,33,38)(H,34,41)(H,35,39)(H,36,40). The van der Waals surface area contributed by atoms with Gasteiger partial charge in [0.25, 0.3) is 0 Å². The fourth-order valence-electron chi connectivity index (χ4n) is 6.04. The summed E-state index contributed by atoms with van der Waals surface area (Å²) >= 11 is 0. The van der Waals surface area contributed by atoms with Gasteiger partial charge in [-0.3, -0.25) is 24.0 Å². The van der Waals surface area contributed by atoms with Crippen molar-refractivity contribution in [1.82, 2.24) is 26.2 Å². The van der Waals surface area contributed by atoms with E-state index in [4.69, 9.17) is 4.74 Å². The van der Waals surface area contributed by atoms with Crippen LogP contribution in [0.25, 0.3) is 0 Å². The molecule has 0 radical (unpaired) electrons. The van der Waals surface area contributed by atoms with E-state index < -0.39 is 35.9 Å². The number of carbonyl (C=O) groups excluding carboxylic acids is 5. The molecular weight excluding hydrogens is 550 g/mol. The molecule has 43 heavy (non-hydrogen) atoms. The Morgan fingerprint density at radius 2 is 1.53 bits per heavy atom. The first-order chi connectivity index (χ1) is 20.4. The topological polar surface area (TPSA) is 146 Å². The first-order valence-corrected chi connectivity index (χ1v) is 16.5. The average Bonchev–Trinajstić information content (AvgIpc) is 2.98. The monoisotopic (exact) mass is 607 g/mol. The van der Waals surface area contributed by atoms with Crippen molar-refractivity contribution in [1.29, 1.82) is 0 Å². The van der Waals surface area contributed by atoms with Gasteiger partial charge in [0, 0.05) is 13.1 Å². The second-order valence-corrected chi connectivity index (χ2v) is 13.0. The van der Waals surface area contributed by atoms with Crippen LogP contribution in [0.15, 0.2) is 0 Å². The Labute approximate surface area is 258 Å². The third-order valence-corrected chi connectivity index (χ3v) is 8.64. The minimum absolute atomic E-state index is 0.0670. The Bertz CT molecular complexity index is 922. The SMILES string of the molecule is CCCCCCC1OCC(C)NC(=O)CNC(=O)CNC(=O)C(C2CCCCC2)NC(=O)C(CC(C)C)N(C)C(=O)C1C. The number of carbonyl (C=O) groups is 5. The number of rotatable bonds is 8. The van der Waals surface area contributed by atoms with E-state index in [1.807, 2.05) is 27.7 Å². The van der Waals surface area contributed by atoms with Gasteiger partial charge >= 0.3 is 0 Å². The lowest BCUT2D eigenvalue weighted by molar-refractivity contribution is -0.147. The van der Waals surface area contributed by atoms with Crippen LogP contribution in [0, 0.1) is 17.8 Å². The van der Waals surface area contributed by atoms with Crippen molar-refractivity contribution in [2.45, 2.75) is 129 Å². The number of likely N-dealkylation sites (N-methyl/N-ethyl adjacent to an activating group) is 1. The Morgan fingerprint density at radius 3 is 2.19 bits per heavy atom. The summed E-state index contributed by atoms with van der Waals surface area (Å²) < 4.78 is 6.25. The van der Waals surface area contributed by atoms with Gasteiger partial charge in [-0.2, -0.15) is 0 Å². The molecule has 1 saturated heterocycles. The highest BCUT2D eigenvalue weighted by atomic mass is 16.5. The molecule has 0 spiro atoms. The maximum Gasteiger partial charge on any atom is 0.243 e. The van der Waals surface area contributed by atoms with E-state index in [0.29, 0.717) is 12.8 Å². The highest BCUT2D eigenvalue weighted by molar-refractivity contribution is 5.94. The highest BCUT2D eigenvalue weighted by Gasteiger charge is 2.37. The van der Waals surface area contributed by atoms with Gasteiger partial charge in [0.2, 0.25) is 29.5 Å².